The summed E-state index contributed by atoms with van der Waals surface area (Å²) in [4.78, 5) is 12.3. The van der Waals surface area contributed by atoms with Crippen molar-refractivity contribution in [2.75, 3.05) is 5.73 Å². The second kappa shape index (κ2) is 5.78. The summed E-state index contributed by atoms with van der Waals surface area (Å²) in [6.07, 6.45) is 0. The first-order chi connectivity index (χ1) is 9.50. The molecule has 20 heavy (non-hydrogen) atoms. The van der Waals surface area contributed by atoms with Crippen molar-refractivity contribution in [2.45, 2.75) is 26.8 Å². The standard InChI is InChI=1S/C17H20N2O/c1-11-7-4-5-8-14(11)13(3)19-17(20)15-9-6-10-16(18)12(15)2/h4-10,13H,18H2,1-3H3,(H,19,20)/t13-/m1/s1. The number of carbonyl (C=O) groups excluding carboxylic acids is 1. The number of hydrogen-bond donors (Lipinski definition) is 2. The first kappa shape index (κ1) is 14.1. The van der Waals surface area contributed by atoms with Crippen molar-refractivity contribution >= 4 is 11.6 Å². The second-order valence-corrected chi connectivity index (χ2v) is 5.07. The zero-order valence-corrected chi connectivity index (χ0v) is 12.1. The van der Waals surface area contributed by atoms with Crippen LogP contribution in [0.1, 0.15) is 40.0 Å². The summed E-state index contributed by atoms with van der Waals surface area (Å²) in [5.74, 6) is -0.0921. The summed E-state index contributed by atoms with van der Waals surface area (Å²) in [6, 6.07) is 13.4. The van der Waals surface area contributed by atoms with Gasteiger partial charge in [0, 0.05) is 11.3 Å². The molecule has 0 aliphatic carbocycles. The fraction of sp³-hybridized carbons (Fsp3) is 0.235. The van der Waals surface area contributed by atoms with Crippen LogP contribution in [-0.4, -0.2) is 5.91 Å². The second-order valence-electron chi connectivity index (χ2n) is 5.07. The molecule has 0 aliphatic rings. The molecule has 1 atom stereocenters. The van der Waals surface area contributed by atoms with Crippen LogP contribution in [-0.2, 0) is 0 Å². The predicted octanol–water partition coefficient (Wildman–Crippen LogP) is 3.38. The molecule has 0 saturated heterocycles. The van der Waals surface area contributed by atoms with Gasteiger partial charge in [0.25, 0.3) is 5.91 Å². The molecule has 1 amide bonds. The van der Waals surface area contributed by atoms with Gasteiger partial charge in [-0.25, -0.2) is 0 Å². The fourth-order valence-corrected chi connectivity index (χ4v) is 2.32. The Labute approximate surface area is 119 Å². The minimum Gasteiger partial charge on any atom is -0.398 e. The summed E-state index contributed by atoms with van der Waals surface area (Å²) in [6.45, 7) is 5.90. The van der Waals surface area contributed by atoms with E-state index in [1.165, 1.54) is 5.56 Å². The van der Waals surface area contributed by atoms with E-state index < -0.39 is 0 Å². The smallest absolute Gasteiger partial charge is 0.252 e. The largest absolute Gasteiger partial charge is 0.398 e. The van der Waals surface area contributed by atoms with Crippen molar-refractivity contribution in [1.82, 2.24) is 5.32 Å². The lowest BCUT2D eigenvalue weighted by Gasteiger charge is -2.17. The van der Waals surface area contributed by atoms with E-state index in [9.17, 15) is 4.79 Å². The van der Waals surface area contributed by atoms with Gasteiger partial charge in [-0.1, -0.05) is 30.3 Å². The molecule has 0 heterocycles. The molecule has 2 aromatic rings. The van der Waals surface area contributed by atoms with E-state index in [4.69, 9.17) is 5.73 Å². The first-order valence-electron chi connectivity index (χ1n) is 6.72. The average molecular weight is 268 g/mol. The van der Waals surface area contributed by atoms with Crippen LogP contribution in [0.3, 0.4) is 0 Å². The van der Waals surface area contributed by atoms with Gasteiger partial charge < -0.3 is 11.1 Å². The molecule has 0 aliphatic heterocycles. The number of anilines is 1. The molecule has 0 bridgehead atoms. The summed E-state index contributed by atoms with van der Waals surface area (Å²) >= 11 is 0. The van der Waals surface area contributed by atoms with Crippen LogP contribution in [0.4, 0.5) is 5.69 Å². The fourth-order valence-electron chi connectivity index (χ4n) is 2.32. The van der Waals surface area contributed by atoms with E-state index in [2.05, 4.69) is 5.32 Å². The van der Waals surface area contributed by atoms with Gasteiger partial charge in [0.2, 0.25) is 0 Å². The van der Waals surface area contributed by atoms with Crippen LogP contribution in [0.15, 0.2) is 42.5 Å². The van der Waals surface area contributed by atoms with E-state index in [1.807, 2.05) is 45.0 Å². The van der Waals surface area contributed by atoms with Crippen molar-refractivity contribution in [1.29, 1.82) is 0 Å². The maximum Gasteiger partial charge on any atom is 0.252 e. The van der Waals surface area contributed by atoms with Gasteiger partial charge in [0.15, 0.2) is 0 Å². The Hall–Kier alpha value is -2.29. The number of nitrogen functional groups attached to an aromatic ring is 1. The molecule has 0 fully saturated rings. The average Bonchev–Trinajstić information content (AvgIpc) is 2.42. The monoisotopic (exact) mass is 268 g/mol. The Morgan fingerprint density at radius 1 is 1.10 bits per heavy atom. The number of benzene rings is 2. The molecule has 0 saturated carbocycles. The molecule has 2 rings (SSSR count). The summed E-state index contributed by atoms with van der Waals surface area (Å²) in [5.41, 5.74) is 10.2. The van der Waals surface area contributed by atoms with Crippen molar-refractivity contribution < 1.29 is 4.79 Å². The summed E-state index contributed by atoms with van der Waals surface area (Å²) < 4.78 is 0. The third-order valence-electron chi connectivity index (χ3n) is 3.62. The molecule has 3 N–H and O–H groups in total. The Morgan fingerprint density at radius 3 is 2.50 bits per heavy atom. The van der Waals surface area contributed by atoms with Crippen LogP contribution in [0.2, 0.25) is 0 Å². The lowest BCUT2D eigenvalue weighted by atomic mass is 10.0. The van der Waals surface area contributed by atoms with Gasteiger partial charge in [-0.2, -0.15) is 0 Å². The van der Waals surface area contributed by atoms with Crippen LogP contribution >= 0.6 is 0 Å². The van der Waals surface area contributed by atoms with Gasteiger partial charge in [-0.3, -0.25) is 4.79 Å². The zero-order chi connectivity index (χ0) is 14.7. The molecule has 3 heteroatoms. The number of rotatable bonds is 3. The van der Waals surface area contributed by atoms with Gasteiger partial charge in [0.1, 0.15) is 0 Å². The minimum absolute atomic E-state index is 0.0375. The molecule has 2 aromatic carbocycles. The minimum atomic E-state index is -0.0921. The molecule has 0 unspecified atom stereocenters. The Morgan fingerprint density at radius 2 is 1.80 bits per heavy atom. The highest BCUT2D eigenvalue weighted by Crippen LogP contribution is 2.19. The highest BCUT2D eigenvalue weighted by atomic mass is 16.1. The van der Waals surface area contributed by atoms with Crippen LogP contribution < -0.4 is 11.1 Å². The van der Waals surface area contributed by atoms with Gasteiger partial charge in [0.05, 0.1) is 6.04 Å². The number of nitrogens with two attached hydrogens (primary N) is 1. The van der Waals surface area contributed by atoms with Crippen molar-refractivity contribution in [3.05, 3.63) is 64.7 Å². The molecular weight excluding hydrogens is 248 g/mol. The van der Waals surface area contributed by atoms with Gasteiger partial charge >= 0.3 is 0 Å². The quantitative estimate of drug-likeness (QED) is 0.838. The Balaban J connectivity index is 2.20. The van der Waals surface area contributed by atoms with E-state index in [0.29, 0.717) is 11.3 Å². The molecule has 0 spiro atoms. The van der Waals surface area contributed by atoms with E-state index in [1.54, 1.807) is 18.2 Å². The number of hydrogen-bond acceptors (Lipinski definition) is 2. The lowest BCUT2D eigenvalue weighted by Crippen LogP contribution is -2.27. The third-order valence-corrected chi connectivity index (χ3v) is 3.62. The van der Waals surface area contributed by atoms with Crippen LogP contribution in [0.25, 0.3) is 0 Å². The van der Waals surface area contributed by atoms with Crippen LogP contribution in [0.5, 0.6) is 0 Å². The van der Waals surface area contributed by atoms with Crippen molar-refractivity contribution in [3.63, 3.8) is 0 Å². The number of amides is 1. The highest BCUT2D eigenvalue weighted by Gasteiger charge is 2.15. The summed E-state index contributed by atoms with van der Waals surface area (Å²) in [5, 5.41) is 3.03. The topological polar surface area (TPSA) is 55.1 Å². The molecule has 3 nitrogen and oxygen atoms in total. The van der Waals surface area contributed by atoms with E-state index >= 15 is 0 Å². The van der Waals surface area contributed by atoms with Gasteiger partial charge in [-0.05, 0) is 49.6 Å². The Bertz CT molecular complexity index is 635. The predicted molar refractivity (Wildman–Crippen MR) is 82.7 cm³/mol. The highest BCUT2D eigenvalue weighted by molar-refractivity contribution is 5.97. The molecule has 0 radical (unpaired) electrons. The number of carbonyl (C=O) groups is 1. The maximum atomic E-state index is 12.3. The zero-order valence-electron chi connectivity index (χ0n) is 12.1. The molecular formula is C17H20N2O. The lowest BCUT2D eigenvalue weighted by molar-refractivity contribution is 0.0939. The normalized spacial score (nSPS) is 11.9. The van der Waals surface area contributed by atoms with Crippen LogP contribution in [0, 0.1) is 13.8 Å². The number of aryl methyl sites for hydroxylation is 1. The van der Waals surface area contributed by atoms with E-state index in [0.717, 1.165) is 11.1 Å². The maximum absolute atomic E-state index is 12.3. The Kier molecular flexibility index (Phi) is 4.08. The van der Waals surface area contributed by atoms with Gasteiger partial charge in [-0.15, -0.1) is 0 Å². The third kappa shape index (κ3) is 2.82. The number of nitrogens with one attached hydrogen (secondary N) is 1. The molecule has 0 aromatic heterocycles. The van der Waals surface area contributed by atoms with E-state index in [-0.39, 0.29) is 11.9 Å². The summed E-state index contributed by atoms with van der Waals surface area (Å²) in [7, 11) is 0. The first-order valence-corrected chi connectivity index (χ1v) is 6.72. The molecule has 104 valence electrons. The van der Waals surface area contributed by atoms with Crippen molar-refractivity contribution in [3.8, 4) is 0 Å². The van der Waals surface area contributed by atoms with Crippen molar-refractivity contribution in [2.24, 2.45) is 0 Å². The SMILES string of the molecule is Cc1ccccc1[C@@H](C)NC(=O)c1cccc(N)c1C.